The van der Waals surface area contributed by atoms with E-state index in [-0.39, 0.29) is 24.0 Å². The topological polar surface area (TPSA) is 48.9 Å². The number of halogens is 1. The van der Waals surface area contributed by atoms with Gasteiger partial charge in [0.1, 0.15) is 5.75 Å². The molecule has 0 amide bonds. The van der Waals surface area contributed by atoms with Gasteiger partial charge in [-0.2, -0.15) is 0 Å². The molecule has 1 saturated heterocycles. The van der Waals surface area contributed by atoms with E-state index in [0.717, 1.165) is 30.4 Å². The highest BCUT2D eigenvalue weighted by Gasteiger charge is 2.10. The Hall–Kier alpha value is -1.02. The fraction of sp³-hybridized carbons (Fsp3) is 0.632. The van der Waals surface area contributed by atoms with E-state index in [1.54, 1.807) is 7.11 Å². The van der Waals surface area contributed by atoms with Gasteiger partial charge >= 0.3 is 0 Å². The molecule has 0 spiro atoms. The van der Waals surface area contributed by atoms with Crippen molar-refractivity contribution in [2.75, 3.05) is 39.8 Å². The number of hydrogen-bond acceptors (Lipinski definition) is 3. The van der Waals surface area contributed by atoms with Crippen LogP contribution in [0.1, 0.15) is 38.2 Å². The van der Waals surface area contributed by atoms with E-state index in [1.165, 1.54) is 45.3 Å². The summed E-state index contributed by atoms with van der Waals surface area (Å²) >= 11 is 0. The van der Waals surface area contributed by atoms with E-state index < -0.39 is 0 Å². The van der Waals surface area contributed by atoms with E-state index in [1.807, 2.05) is 18.2 Å². The number of hydrogen-bond donors (Lipinski definition) is 2. The number of unbranched alkanes of at least 4 members (excludes halogenated alkanes) is 1. The van der Waals surface area contributed by atoms with Gasteiger partial charge in [0.25, 0.3) is 0 Å². The first-order valence-electron chi connectivity index (χ1n) is 9.19. The van der Waals surface area contributed by atoms with E-state index in [4.69, 9.17) is 4.74 Å². The average Bonchev–Trinajstić information content (AvgIpc) is 3.13. The molecule has 1 aliphatic heterocycles. The second-order valence-corrected chi connectivity index (χ2v) is 6.23. The smallest absolute Gasteiger partial charge is 0.191 e. The van der Waals surface area contributed by atoms with Crippen LogP contribution >= 0.6 is 24.0 Å². The first kappa shape index (κ1) is 22.0. The third-order valence-electron chi connectivity index (χ3n) is 4.29. The zero-order valence-electron chi connectivity index (χ0n) is 15.6. The second kappa shape index (κ2) is 13.2. The number of methoxy groups -OCH3 is 1. The fourth-order valence-corrected chi connectivity index (χ4v) is 2.96. The minimum absolute atomic E-state index is 0. The first-order valence-corrected chi connectivity index (χ1v) is 9.19. The number of ether oxygens (including phenoxy) is 1. The van der Waals surface area contributed by atoms with E-state index in [2.05, 4.69) is 33.5 Å². The lowest BCUT2D eigenvalue weighted by atomic mass is 10.2. The summed E-state index contributed by atoms with van der Waals surface area (Å²) in [5.41, 5.74) is 1.15. The fourth-order valence-electron chi connectivity index (χ4n) is 2.96. The zero-order chi connectivity index (χ0) is 17.0. The SMILES string of the molecule is CCNC(=NCc1cccc(OC)c1)NCCCCN1CCCC1.I. The van der Waals surface area contributed by atoms with E-state index in [9.17, 15) is 0 Å². The molecule has 0 atom stereocenters. The lowest BCUT2D eigenvalue weighted by Crippen LogP contribution is -2.38. The van der Waals surface area contributed by atoms with Crippen LogP contribution in [0.2, 0.25) is 0 Å². The van der Waals surface area contributed by atoms with Gasteiger partial charge in [-0.3, -0.25) is 0 Å². The van der Waals surface area contributed by atoms with Crippen LogP contribution in [0.15, 0.2) is 29.3 Å². The normalized spacial score (nSPS) is 14.9. The van der Waals surface area contributed by atoms with Crippen molar-refractivity contribution < 1.29 is 4.74 Å². The molecule has 0 bridgehead atoms. The number of guanidine groups is 1. The predicted octanol–water partition coefficient (Wildman–Crippen LogP) is 3.24. The summed E-state index contributed by atoms with van der Waals surface area (Å²) in [5, 5.41) is 6.74. The molecular weight excluding hydrogens is 427 g/mol. The van der Waals surface area contributed by atoms with Gasteiger partial charge in [-0.05, 0) is 69.9 Å². The molecule has 25 heavy (non-hydrogen) atoms. The van der Waals surface area contributed by atoms with Gasteiger partial charge < -0.3 is 20.3 Å². The maximum absolute atomic E-state index is 5.26. The quantitative estimate of drug-likeness (QED) is 0.257. The average molecular weight is 460 g/mol. The van der Waals surface area contributed by atoms with Gasteiger partial charge in [-0.15, -0.1) is 24.0 Å². The van der Waals surface area contributed by atoms with Gasteiger partial charge in [0.15, 0.2) is 5.96 Å². The molecule has 0 radical (unpaired) electrons. The Kier molecular flexibility index (Phi) is 11.6. The Balaban J connectivity index is 0.00000312. The van der Waals surface area contributed by atoms with Crippen LogP contribution in [0.3, 0.4) is 0 Å². The molecule has 1 aromatic rings. The molecule has 0 unspecified atom stereocenters. The third-order valence-corrected chi connectivity index (χ3v) is 4.29. The summed E-state index contributed by atoms with van der Waals surface area (Å²) in [6.45, 7) is 8.40. The molecule has 0 saturated carbocycles. The Labute approximate surface area is 169 Å². The summed E-state index contributed by atoms with van der Waals surface area (Å²) < 4.78 is 5.26. The summed E-state index contributed by atoms with van der Waals surface area (Å²) in [5.74, 6) is 1.77. The number of likely N-dealkylation sites (tertiary alicyclic amines) is 1. The van der Waals surface area contributed by atoms with Crippen LogP contribution in [0.25, 0.3) is 0 Å². The number of aliphatic imine (C=N–C) groups is 1. The van der Waals surface area contributed by atoms with Crippen molar-refractivity contribution in [3.05, 3.63) is 29.8 Å². The predicted molar refractivity (Wildman–Crippen MR) is 116 cm³/mol. The van der Waals surface area contributed by atoms with Crippen molar-refractivity contribution in [1.82, 2.24) is 15.5 Å². The zero-order valence-corrected chi connectivity index (χ0v) is 17.9. The summed E-state index contributed by atoms with van der Waals surface area (Å²) in [6.07, 6.45) is 5.18. The second-order valence-electron chi connectivity index (χ2n) is 6.23. The Morgan fingerprint density at radius 1 is 1.20 bits per heavy atom. The van der Waals surface area contributed by atoms with Gasteiger partial charge in [-0.25, -0.2) is 4.99 Å². The highest BCUT2D eigenvalue weighted by atomic mass is 127. The lowest BCUT2D eigenvalue weighted by molar-refractivity contribution is 0.330. The summed E-state index contributed by atoms with van der Waals surface area (Å²) in [4.78, 5) is 7.23. The van der Waals surface area contributed by atoms with Crippen LogP contribution < -0.4 is 15.4 Å². The molecule has 1 fully saturated rings. The Morgan fingerprint density at radius 2 is 2.00 bits per heavy atom. The minimum atomic E-state index is 0. The van der Waals surface area contributed by atoms with Crippen LogP contribution in [-0.2, 0) is 6.54 Å². The highest BCUT2D eigenvalue weighted by molar-refractivity contribution is 14.0. The molecule has 1 heterocycles. The monoisotopic (exact) mass is 460 g/mol. The summed E-state index contributed by atoms with van der Waals surface area (Å²) in [6, 6.07) is 8.06. The van der Waals surface area contributed by atoms with Crippen LogP contribution in [0.4, 0.5) is 0 Å². The molecule has 2 rings (SSSR count). The maximum atomic E-state index is 5.26. The molecule has 1 aliphatic rings. The molecule has 5 nitrogen and oxygen atoms in total. The molecule has 2 N–H and O–H groups in total. The summed E-state index contributed by atoms with van der Waals surface area (Å²) in [7, 11) is 1.69. The number of rotatable bonds is 9. The number of nitrogens with zero attached hydrogens (tertiary/aromatic N) is 2. The molecule has 142 valence electrons. The van der Waals surface area contributed by atoms with Crippen molar-refractivity contribution in [3.63, 3.8) is 0 Å². The molecule has 0 aromatic heterocycles. The molecule has 1 aromatic carbocycles. The largest absolute Gasteiger partial charge is 0.497 e. The van der Waals surface area contributed by atoms with Gasteiger partial charge in [0.2, 0.25) is 0 Å². The minimum Gasteiger partial charge on any atom is -0.497 e. The van der Waals surface area contributed by atoms with Gasteiger partial charge in [-0.1, -0.05) is 12.1 Å². The van der Waals surface area contributed by atoms with Crippen molar-refractivity contribution in [2.24, 2.45) is 4.99 Å². The van der Waals surface area contributed by atoms with Crippen molar-refractivity contribution >= 4 is 29.9 Å². The Morgan fingerprint density at radius 3 is 2.72 bits per heavy atom. The number of nitrogens with one attached hydrogen (secondary N) is 2. The van der Waals surface area contributed by atoms with Gasteiger partial charge in [0, 0.05) is 13.1 Å². The maximum Gasteiger partial charge on any atom is 0.191 e. The van der Waals surface area contributed by atoms with Crippen LogP contribution in [0.5, 0.6) is 5.75 Å². The number of benzene rings is 1. The molecule has 6 heteroatoms. The van der Waals surface area contributed by atoms with Crippen LogP contribution in [-0.4, -0.2) is 50.7 Å². The van der Waals surface area contributed by atoms with Crippen molar-refractivity contribution in [2.45, 2.75) is 39.2 Å². The lowest BCUT2D eigenvalue weighted by Gasteiger charge is -2.15. The van der Waals surface area contributed by atoms with Crippen molar-refractivity contribution in [1.29, 1.82) is 0 Å². The molecular formula is C19H33IN4O. The third kappa shape index (κ3) is 8.76. The van der Waals surface area contributed by atoms with Crippen LogP contribution in [0, 0.1) is 0 Å². The van der Waals surface area contributed by atoms with E-state index in [0.29, 0.717) is 6.54 Å². The van der Waals surface area contributed by atoms with Gasteiger partial charge in [0.05, 0.1) is 13.7 Å². The standard InChI is InChI=1S/C19H32N4O.HI/c1-3-20-19(21-11-4-5-12-23-13-6-7-14-23)22-16-17-9-8-10-18(15-17)24-2;/h8-10,15H,3-7,11-14,16H2,1-2H3,(H2,20,21,22);1H. The van der Waals surface area contributed by atoms with E-state index >= 15 is 0 Å². The first-order chi connectivity index (χ1) is 11.8. The van der Waals surface area contributed by atoms with Crippen molar-refractivity contribution in [3.8, 4) is 5.75 Å². The highest BCUT2D eigenvalue weighted by Crippen LogP contribution is 2.13. The Bertz CT molecular complexity index is 504. The molecule has 0 aliphatic carbocycles.